The van der Waals surface area contributed by atoms with E-state index in [1.165, 1.54) is 16.6 Å². The third-order valence-corrected chi connectivity index (χ3v) is 4.04. The zero-order valence-corrected chi connectivity index (χ0v) is 12.3. The average Bonchev–Trinajstić information content (AvgIpc) is 2.75. The summed E-state index contributed by atoms with van der Waals surface area (Å²) in [5.41, 5.74) is 3.83. The normalized spacial score (nSPS) is 19.7. The highest BCUT2D eigenvalue weighted by molar-refractivity contribution is 6.31. The van der Waals surface area contributed by atoms with Gasteiger partial charge in [0.1, 0.15) is 0 Å². The third-order valence-electron chi connectivity index (χ3n) is 3.65. The van der Waals surface area contributed by atoms with Crippen molar-refractivity contribution in [2.75, 3.05) is 6.54 Å². The first kappa shape index (κ1) is 13.0. The number of fused-ring (bicyclic) bond motifs is 3. The summed E-state index contributed by atoms with van der Waals surface area (Å²) in [6.45, 7) is 2.91. The molecule has 0 spiro atoms. The molecular weight excluding hydrogens is 279 g/mol. The van der Waals surface area contributed by atoms with Crippen molar-refractivity contribution in [3.8, 4) is 0 Å². The zero-order chi connectivity index (χ0) is 13.4. The van der Waals surface area contributed by atoms with Crippen LogP contribution in [0.4, 0.5) is 0 Å². The minimum atomic E-state index is 0.309. The Morgan fingerprint density at radius 2 is 2.32 bits per heavy atom. The van der Waals surface area contributed by atoms with E-state index in [0.29, 0.717) is 6.04 Å². The van der Waals surface area contributed by atoms with Crippen LogP contribution in [-0.2, 0) is 6.42 Å². The predicted octanol–water partition coefficient (Wildman–Crippen LogP) is 4.54. The highest BCUT2D eigenvalue weighted by Crippen LogP contribution is 2.33. The van der Waals surface area contributed by atoms with Crippen molar-refractivity contribution >= 4 is 34.1 Å². The zero-order valence-electron chi connectivity index (χ0n) is 10.8. The highest BCUT2D eigenvalue weighted by Gasteiger charge is 2.23. The monoisotopic (exact) mass is 294 g/mol. The second-order valence-corrected chi connectivity index (χ2v) is 6.02. The molecule has 19 heavy (non-hydrogen) atoms. The van der Waals surface area contributed by atoms with Crippen molar-refractivity contribution in [2.24, 2.45) is 0 Å². The van der Waals surface area contributed by atoms with Gasteiger partial charge >= 0.3 is 0 Å². The number of rotatable bonds is 2. The summed E-state index contributed by atoms with van der Waals surface area (Å²) >= 11 is 12.0. The minimum Gasteiger partial charge on any atom is -0.357 e. The van der Waals surface area contributed by atoms with Crippen LogP contribution in [0, 0.1) is 0 Å². The Bertz CT molecular complexity index is 639. The maximum Gasteiger partial charge on any atom is 0.0511 e. The van der Waals surface area contributed by atoms with E-state index in [0.717, 1.165) is 35.0 Å². The molecule has 0 saturated carbocycles. The van der Waals surface area contributed by atoms with E-state index in [1.807, 2.05) is 13.0 Å². The van der Waals surface area contributed by atoms with Crippen LogP contribution in [-0.4, -0.2) is 11.5 Å². The highest BCUT2D eigenvalue weighted by atomic mass is 35.5. The number of halogens is 2. The molecule has 0 bridgehead atoms. The number of hydrogen-bond donors (Lipinski definition) is 2. The SMILES string of the molecule is C/C(Cl)=C\CC1NCCc2c1[nH]c1ccc(Cl)cc21. The van der Waals surface area contributed by atoms with E-state index < -0.39 is 0 Å². The molecule has 1 aliphatic heterocycles. The van der Waals surface area contributed by atoms with Gasteiger partial charge in [0.15, 0.2) is 0 Å². The van der Waals surface area contributed by atoms with E-state index in [-0.39, 0.29) is 0 Å². The fraction of sp³-hybridized carbons (Fsp3) is 0.333. The van der Waals surface area contributed by atoms with Crippen LogP contribution in [0.25, 0.3) is 10.9 Å². The number of aromatic amines is 1. The Morgan fingerprint density at radius 1 is 1.47 bits per heavy atom. The maximum atomic E-state index is 6.10. The van der Waals surface area contributed by atoms with Gasteiger partial charge in [0, 0.05) is 26.7 Å². The molecule has 1 unspecified atom stereocenters. The molecule has 2 aromatic rings. The van der Waals surface area contributed by atoms with Crippen molar-refractivity contribution in [3.63, 3.8) is 0 Å². The van der Waals surface area contributed by atoms with Crippen LogP contribution in [0.5, 0.6) is 0 Å². The van der Waals surface area contributed by atoms with Gasteiger partial charge in [0.2, 0.25) is 0 Å². The molecule has 0 saturated heterocycles. The Kier molecular flexibility index (Phi) is 3.57. The van der Waals surface area contributed by atoms with Crippen molar-refractivity contribution in [2.45, 2.75) is 25.8 Å². The molecule has 2 N–H and O–H groups in total. The fourth-order valence-electron chi connectivity index (χ4n) is 2.76. The van der Waals surface area contributed by atoms with Crippen LogP contribution in [0.1, 0.15) is 30.6 Å². The molecule has 1 aliphatic rings. The van der Waals surface area contributed by atoms with Crippen molar-refractivity contribution in [1.29, 1.82) is 0 Å². The lowest BCUT2D eigenvalue weighted by Gasteiger charge is -2.23. The van der Waals surface area contributed by atoms with Gasteiger partial charge in [0.25, 0.3) is 0 Å². The van der Waals surface area contributed by atoms with Gasteiger partial charge in [-0.15, -0.1) is 0 Å². The van der Waals surface area contributed by atoms with Gasteiger partial charge in [-0.1, -0.05) is 29.3 Å². The number of nitrogens with one attached hydrogen (secondary N) is 2. The second-order valence-electron chi connectivity index (χ2n) is 4.99. The summed E-state index contributed by atoms with van der Waals surface area (Å²) in [5, 5.41) is 6.42. The summed E-state index contributed by atoms with van der Waals surface area (Å²) in [6.07, 6.45) is 4.01. The molecule has 1 atom stereocenters. The molecular formula is C15H16Cl2N2. The molecule has 2 nitrogen and oxygen atoms in total. The number of allylic oxidation sites excluding steroid dienone is 1. The standard InChI is InChI=1S/C15H16Cl2N2/c1-9(16)2-4-14-15-11(6-7-18-14)12-8-10(17)3-5-13(12)19-15/h2-3,5,8,14,18-19H,4,6-7H2,1H3/b9-2+. The first-order valence-electron chi connectivity index (χ1n) is 6.51. The van der Waals surface area contributed by atoms with Gasteiger partial charge in [-0.25, -0.2) is 0 Å². The molecule has 0 aliphatic carbocycles. The van der Waals surface area contributed by atoms with E-state index >= 15 is 0 Å². The fourth-order valence-corrected chi connectivity index (χ4v) is 3.02. The molecule has 2 heterocycles. The third kappa shape index (κ3) is 2.53. The molecule has 4 heteroatoms. The van der Waals surface area contributed by atoms with Crippen LogP contribution < -0.4 is 5.32 Å². The van der Waals surface area contributed by atoms with Gasteiger partial charge in [-0.05, 0) is 50.1 Å². The molecule has 0 fully saturated rings. The Hall–Kier alpha value is -0.960. The summed E-state index contributed by atoms with van der Waals surface area (Å²) in [5.74, 6) is 0. The number of hydrogen-bond acceptors (Lipinski definition) is 1. The average molecular weight is 295 g/mol. The largest absolute Gasteiger partial charge is 0.357 e. The van der Waals surface area contributed by atoms with Crippen LogP contribution in [0.15, 0.2) is 29.3 Å². The summed E-state index contributed by atoms with van der Waals surface area (Å²) < 4.78 is 0. The van der Waals surface area contributed by atoms with E-state index in [4.69, 9.17) is 23.2 Å². The lowest BCUT2D eigenvalue weighted by atomic mass is 9.97. The number of benzene rings is 1. The van der Waals surface area contributed by atoms with Crippen LogP contribution >= 0.6 is 23.2 Å². The van der Waals surface area contributed by atoms with E-state index in [2.05, 4.69) is 28.5 Å². The van der Waals surface area contributed by atoms with Crippen LogP contribution in [0.3, 0.4) is 0 Å². The molecule has 1 aromatic carbocycles. The summed E-state index contributed by atoms with van der Waals surface area (Å²) in [6, 6.07) is 6.34. The van der Waals surface area contributed by atoms with Gasteiger partial charge < -0.3 is 10.3 Å². The molecule has 0 amide bonds. The van der Waals surface area contributed by atoms with Gasteiger partial charge in [-0.3, -0.25) is 0 Å². The quantitative estimate of drug-likeness (QED) is 0.836. The topological polar surface area (TPSA) is 27.8 Å². The Labute approximate surface area is 122 Å². The molecule has 1 aromatic heterocycles. The van der Waals surface area contributed by atoms with E-state index in [1.54, 1.807) is 0 Å². The van der Waals surface area contributed by atoms with Gasteiger partial charge in [-0.2, -0.15) is 0 Å². The van der Waals surface area contributed by atoms with Crippen molar-refractivity contribution < 1.29 is 0 Å². The first-order chi connectivity index (χ1) is 9.15. The molecule has 3 rings (SSSR count). The predicted molar refractivity (Wildman–Crippen MR) is 82.0 cm³/mol. The van der Waals surface area contributed by atoms with Gasteiger partial charge in [0.05, 0.1) is 6.04 Å². The maximum absolute atomic E-state index is 6.10. The minimum absolute atomic E-state index is 0.309. The summed E-state index contributed by atoms with van der Waals surface area (Å²) in [7, 11) is 0. The second kappa shape index (κ2) is 5.20. The number of H-pyrrole nitrogens is 1. The molecule has 0 radical (unpaired) electrons. The van der Waals surface area contributed by atoms with E-state index in [9.17, 15) is 0 Å². The first-order valence-corrected chi connectivity index (χ1v) is 7.26. The Morgan fingerprint density at radius 3 is 3.11 bits per heavy atom. The smallest absolute Gasteiger partial charge is 0.0511 e. The van der Waals surface area contributed by atoms with Crippen molar-refractivity contribution in [1.82, 2.24) is 10.3 Å². The lowest BCUT2D eigenvalue weighted by molar-refractivity contribution is 0.501. The lowest BCUT2D eigenvalue weighted by Crippen LogP contribution is -2.29. The van der Waals surface area contributed by atoms with Crippen molar-refractivity contribution in [3.05, 3.63) is 45.6 Å². The molecule has 100 valence electrons. The number of aromatic nitrogens is 1. The van der Waals surface area contributed by atoms with Crippen LogP contribution in [0.2, 0.25) is 5.02 Å². The summed E-state index contributed by atoms with van der Waals surface area (Å²) in [4.78, 5) is 3.52. The Balaban J connectivity index is 2.05.